The molecule has 3 rings (SSSR count). The van der Waals surface area contributed by atoms with Gasteiger partial charge in [-0.3, -0.25) is 9.59 Å². The van der Waals surface area contributed by atoms with Crippen molar-refractivity contribution < 1.29 is 9.59 Å². The van der Waals surface area contributed by atoms with E-state index < -0.39 is 0 Å². The molecule has 0 aliphatic rings. The maximum atomic E-state index is 13.0. The summed E-state index contributed by atoms with van der Waals surface area (Å²) in [7, 11) is 0. The molecule has 176 valence electrons. The van der Waals surface area contributed by atoms with E-state index in [1.165, 1.54) is 11.3 Å². The molecule has 6 nitrogen and oxygen atoms in total. The van der Waals surface area contributed by atoms with Crippen molar-refractivity contribution in [2.45, 2.75) is 53.1 Å². The molecule has 0 radical (unpaired) electrons. The fourth-order valence-corrected chi connectivity index (χ4v) is 4.64. The Labute approximate surface area is 200 Å². The van der Waals surface area contributed by atoms with Crippen molar-refractivity contribution in [1.82, 2.24) is 19.4 Å². The number of hydrogen-bond acceptors (Lipinski definition) is 4. The van der Waals surface area contributed by atoms with Crippen molar-refractivity contribution in [3.8, 4) is 0 Å². The molecule has 0 saturated carbocycles. The van der Waals surface area contributed by atoms with E-state index in [1.807, 2.05) is 63.8 Å². The maximum absolute atomic E-state index is 13.0. The van der Waals surface area contributed by atoms with Crippen LogP contribution in [0.1, 0.15) is 71.6 Å². The summed E-state index contributed by atoms with van der Waals surface area (Å²) < 4.78 is 2.11. The van der Waals surface area contributed by atoms with Crippen molar-refractivity contribution >= 4 is 23.2 Å². The third-order valence-corrected chi connectivity index (χ3v) is 6.26. The highest BCUT2D eigenvalue weighted by atomic mass is 32.1. The zero-order chi connectivity index (χ0) is 23.6. The largest absolute Gasteiger partial charge is 0.343 e. The van der Waals surface area contributed by atoms with Gasteiger partial charge in [0, 0.05) is 42.5 Å². The van der Waals surface area contributed by atoms with E-state index in [1.54, 1.807) is 0 Å². The van der Waals surface area contributed by atoms with Crippen LogP contribution in [0.4, 0.5) is 0 Å². The lowest BCUT2D eigenvalue weighted by atomic mass is 10.2. The van der Waals surface area contributed by atoms with E-state index in [9.17, 15) is 9.59 Å². The normalized spacial score (nSPS) is 10.9. The molecule has 0 N–H and O–H groups in total. The van der Waals surface area contributed by atoms with E-state index >= 15 is 0 Å². The fraction of sp³-hybridized carbons (Fsp3) is 0.423. The summed E-state index contributed by atoms with van der Waals surface area (Å²) in [4.78, 5) is 34.3. The van der Waals surface area contributed by atoms with Crippen LogP contribution >= 0.6 is 11.3 Å². The highest BCUT2D eigenvalue weighted by Crippen LogP contribution is 2.17. The molecule has 0 fully saturated rings. The van der Waals surface area contributed by atoms with Crippen LogP contribution < -0.4 is 0 Å². The van der Waals surface area contributed by atoms with Crippen molar-refractivity contribution in [1.29, 1.82) is 0 Å². The van der Waals surface area contributed by atoms with Crippen LogP contribution in [0.5, 0.6) is 0 Å². The number of aromatic nitrogens is 2. The average Bonchev–Trinajstić information content (AvgIpc) is 3.48. The molecular weight excluding hydrogens is 432 g/mol. The van der Waals surface area contributed by atoms with Crippen molar-refractivity contribution in [3.05, 3.63) is 76.0 Å². The Kier molecular flexibility index (Phi) is 9.24. The lowest BCUT2D eigenvalue weighted by Crippen LogP contribution is -2.32. The van der Waals surface area contributed by atoms with Crippen molar-refractivity contribution in [3.63, 3.8) is 0 Å². The summed E-state index contributed by atoms with van der Waals surface area (Å²) in [6, 6.07) is 13.5. The van der Waals surface area contributed by atoms with Gasteiger partial charge in [0.1, 0.15) is 10.7 Å². The van der Waals surface area contributed by atoms with Crippen LogP contribution in [0.25, 0.3) is 0 Å². The first kappa shape index (κ1) is 24.7. The van der Waals surface area contributed by atoms with Gasteiger partial charge in [0.2, 0.25) is 0 Å². The highest BCUT2D eigenvalue weighted by molar-refractivity contribution is 7.09. The molecule has 0 unspecified atom stereocenters. The Bertz CT molecular complexity index is 1020. The number of rotatable bonds is 12. The number of benzene rings is 1. The van der Waals surface area contributed by atoms with Gasteiger partial charge in [-0.2, -0.15) is 0 Å². The van der Waals surface area contributed by atoms with Gasteiger partial charge < -0.3 is 14.4 Å². The van der Waals surface area contributed by atoms with Gasteiger partial charge in [0.25, 0.3) is 11.8 Å². The minimum absolute atomic E-state index is 0.0107. The van der Waals surface area contributed by atoms with Crippen LogP contribution in [-0.2, 0) is 13.1 Å². The third kappa shape index (κ3) is 6.54. The van der Waals surface area contributed by atoms with Crippen molar-refractivity contribution in [2.24, 2.45) is 0 Å². The van der Waals surface area contributed by atoms with Crippen LogP contribution in [0, 0.1) is 0 Å². The molecule has 1 aromatic carbocycles. The van der Waals surface area contributed by atoms with Gasteiger partial charge in [-0.05, 0) is 43.5 Å². The van der Waals surface area contributed by atoms with E-state index in [4.69, 9.17) is 0 Å². The Morgan fingerprint density at radius 3 is 2.21 bits per heavy atom. The SMILES string of the molecule is CCCN(Cc1cccn1Cc1nc(C(=O)N(CCC)CCC)cs1)C(=O)c1ccccc1. The van der Waals surface area contributed by atoms with Gasteiger partial charge in [0.05, 0.1) is 13.1 Å². The van der Waals surface area contributed by atoms with Crippen LogP contribution in [0.3, 0.4) is 0 Å². The monoisotopic (exact) mass is 466 g/mol. The van der Waals surface area contributed by atoms with Crippen molar-refractivity contribution in [2.75, 3.05) is 19.6 Å². The Morgan fingerprint density at radius 2 is 1.55 bits per heavy atom. The second kappa shape index (κ2) is 12.3. The Hall–Kier alpha value is -2.93. The Morgan fingerprint density at radius 1 is 0.879 bits per heavy atom. The van der Waals surface area contributed by atoms with Crippen LogP contribution in [0.2, 0.25) is 0 Å². The molecule has 33 heavy (non-hydrogen) atoms. The molecule has 2 amide bonds. The number of carbonyl (C=O) groups is 2. The summed E-state index contributed by atoms with van der Waals surface area (Å²) in [5, 5.41) is 2.75. The number of amides is 2. The van der Waals surface area contributed by atoms with E-state index in [0.29, 0.717) is 30.9 Å². The van der Waals surface area contributed by atoms with E-state index in [-0.39, 0.29) is 11.8 Å². The fourth-order valence-electron chi connectivity index (χ4n) is 3.87. The molecular formula is C26H34N4O2S. The van der Waals surface area contributed by atoms with Gasteiger partial charge >= 0.3 is 0 Å². The van der Waals surface area contributed by atoms with E-state index in [0.717, 1.165) is 43.1 Å². The highest BCUT2D eigenvalue weighted by Gasteiger charge is 2.19. The van der Waals surface area contributed by atoms with Gasteiger partial charge in [0.15, 0.2) is 0 Å². The van der Waals surface area contributed by atoms with Crippen LogP contribution in [0.15, 0.2) is 54.0 Å². The second-order valence-electron chi connectivity index (χ2n) is 8.14. The number of thiazole rings is 1. The minimum Gasteiger partial charge on any atom is -0.343 e. The standard InChI is InChI=1S/C26H34N4O2S/c1-4-14-28(15-5-2)26(32)23-20-33-24(27-23)19-29-17-10-13-22(29)18-30(16-6-3)25(31)21-11-8-7-9-12-21/h7-13,17,20H,4-6,14-16,18-19H2,1-3H3. The molecule has 0 spiro atoms. The summed E-state index contributed by atoms with van der Waals surface area (Å²) in [5.74, 6) is 0.0516. The molecule has 0 saturated heterocycles. The molecule has 2 heterocycles. The summed E-state index contributed by atoms with van der Waals surface area (Å²) in [6.45, 7) is 9.57. The second-order valence-corrected chi connectivity index (χ2v) is 9.08. The molecule has 7 heteroatoms. The minimum atomic E-state index is 0.0107. The summed E-state index contributed by atoms with van der Waals surface area (Å²) >= 11 is 1.51. The first-order valence-electron chi connectivity index (χ1n) is 11.8. The van der Waals surface area contributed by atoms with Crippen LogP contribution in [-0.4, -0.2) is 50.8 Å². The quantitative estimate of drug-likeness (QED) is 0.364. The van der Waals surface area contributed by atoms with Gasteiger partial charge in [-0.25, -0.2) is 4.98 Å². The van der Waals surface area contributed by atoms with Gasteiger partial charge in [-0.15, -0.1) is 11.3 Å². The molecule has 0 aliphatic carbocycles. The molecule has 3 aromatic rings. The molecule has 0 atom stereocenters. The molecule has 0 aliphatic heterocycles. The number of hydrogen-bond donors (Lipinski definition) is 0. The van der Waals surface area contributed by atoms with E-state index in [2.05, 4.69) is 30.3 Å². The maximum Gasteiger partial charge on any atom is 0.273 e. The number of carbonyl (C=O) groups excluding carboxylic acids is 2. The first-order valence-corrected chi connectivity index (χ1v) is 12.7. The Balaban J connectivity index is 1.71. The smallest absolute Gasteiger partial charge is 0.273 e. The predicted molar refractivity (Wildman–Crippen MR) is 134 cm³/mol. The van der Waals surface area contributed by atoms with Gasteiger partial charge in [-0.1, -0.05) is 39.0 Å². The zero-order valence-electron chi connectivity index (χ0n) is 19.9. The first-order chi connectivity index (χ1) is 16.1. The lowest BCUT2D eigenvalue weighted by Gasteiger charge is -2.23. The zero-order valence-corrected chi connectivity index (χ0v) is 20.7. The molecule has 0 bridgehead atoms. The molecule has 2 aromatic heterocycles. The topological polar surface area (TPSA) is 58.4 Å². The predicted octanol–water partition coefficient (Wildman–Crippen LogP) is 5.31. The lowest BCUT2D eigenvalue weighted by molar-refractivity contribution is 0.0735. The number of nitrogens with zero attached hydrogens (tertiary/aromatic N) is 4. The average molecular weight is 467 g/mol. The third-order valence-electron chi connectivity index (χ3n) is 5.43. The summed E-state index contributed by atoms with van der Waals surface area (Å²) in [5.41, 5.74) is 2.28. The summed E-state index contributed by atoms with van der Waals surface area (Å²) in [6.07, 6.45) is 4.77.